The van der Waals surface area contributed by atoms with Gasteiger partial charge in [0.25, 0.3) is 0 Å². The predicted molar refractivity (Wildman–Crippen MR) is 134 cm³/mol. The number of amidine groups is 2. The summed E-state index contributed by atoms with van der Waals surface area (Å²) >= 11 is 0. The largest absolute Gasteiger partial charge is 0.378 e. The van der Waals surface area contributed by atoms with E-state index in [0.29, 0.717) is 25.6 Å². The Morgan fingerprint density at radius 1 is 1.24 bits per heavy atom. The number of ether oxygens (including phenoxy) is 1. The number of nitrogens with zero attached hydrogens (tertiary/aromatic N) is 4. The summed E-state index contributed by atoms with van der Waals surface area (Å²) in [7, 11) is 4.10. The molecule has 1 saturated heterocycles. The standard InChI is InChI=1S/C24H35N7O2/c1-5-11-25-24(32)26-20-9-7-19(8-10-20)22-27-23(31-12-14-33-15-13-31)21(28-29-22)16-18(6-2)17-30(3)4/h6-10,16,28H,5,11-15,17H2,1-4H3,(H2,25,26,32)/b18-6+,21-16-. The molecule has 33 heavy (non-hydrogen) atoms. The highest BCUT2D eigenvalue weighted by atomic mass is 16.5. The van der Waals surface area contributed by atoms with Crippen molar-refractivity contribution in [2.24, 2.45) is 10.1 Å². The molecular formula is C24H35N7O2. The Kier molecular flexibility index (Phi) is 9.03. The Hall–Kier alpha value is -3.17. The van der Waals surface area contributed by atoms with Gasteiger partial charge < -0.3 is 25.2 Å². The van der Waals surface area contributed by atoms with E-state index in [4.69, 9.17) is 9.73 Å². The summed E-state index contributed by atoms with van der Waals surface area (Å²) in [5, 5.41) is 10.2. The molecule has 1 aromatic carbocycles. The molecule has 3 N–H and O–H groups in total. The predicted octanol–water partition coefficient (Wildman–Crippen LogP) is 2.61. The fourth-order valence-electron chi connectivity index (χ4n) is 3.48. The van der Waals surface area contributed by atoms with E-state index in [2.05, 4.69) is 57.2 Å². The molecule has 1 fully saturated rings. The Bertz CT molecular complexity index is 927. The Balaban J connectivity index is 1.81. The zero-order chi connectivity index (χ0) is 23.6. The van der Waals surface area contributed by atoms with Crippen LogP contribution in [0, 0.1) is 0 Å². The van der Waals surface area contributed by atoms with Gasteiger partial charge in [-0.1, -0.05) is 13.0 Å². The molecule has 1 aromatic rings. The summed E-state index contributed by atoms with van der Waals surface area (Å²) in [4.78, 5) is 21.2. The maximum Gasteiger partial charge on any atom is 0.319 e. The summed E-state index contributed by atoms with van der Waals surface area (Å²) < 4.78 is 5.54. The van der Waals surface area contributed by atoms with Crippen LogP contribution in [0.5, 0.6) is 0 Å². The van der Waals surface area contributed by atoms with Gasteiger partial charge in [-0.05, 0) is 63.4 Å². The number of urea groups is 1. The SMILES string of the molecule is C/C=C(\C=C1/NN=C(c2ccc(NC(=O)NCCC)cc2)N=C1N1CCOCC1)CN(C)C. The monoisotopic (exact) mass is 453 g/mol. The van der Waals surface area contributed by atoms with Gasteiger partial charge in [0.05, 0.1) is 18.9 Å². The maximum absolute atomic E-state index is 11.9. The van der Waals surface area contributed by atoms with Crippen molar-refractivity contribution in [3.63, 3.8) is 0 Å². The first kappa shape index (κ1) is 24.5. The average Bonchev–Trinajstić information content (AvgIpc) is 2.83. The summed E-state index contributed by atoms with van der Waals surface area (Å²) in [6.07, 6.45) is 5.10. The number of amides is 2. The summed E-state index contributed by atoms with van der Waals surface area (Å²) in [5.41, 5.74) is 6.86. The second-order valence-electron chi connectivity index (χ2n) is 8.20. The van der Waals surface area contributed by atoms with E-state index in [9.17, 15) is 4.79 Å². The number of hydrazone groups is 1. The van der Waals surface area contributed by atoms with Gasteiger partial charge in [-0.2, -0.15) is 5.10 Å². The van der Waals surface area contributed by atoms with Gasteiger partial charge in [-0.3, -0.25) is 5.43 Å². The number of benzene rings is 1. The maximum atomic E-state index is 11.9. The van der Waals surface area contributed by atoms with Crippen molar-refractivity contribution in [1.82, 2.24) is 20.5 Å². The van der Waals surface area contributed by atoms with E-state index in [1.54, 1.807) is 0 Å². The van der Waals surface area contributed by atoms with Crippen LogP contribution < -0.4 is 16.1 Å². The summed E-state index contributed by atoms with van der Waals surface area (Å²) in [6, 6.07) is 7.32. The number of nitrogens with one attached hydrogen (secondary N) is 3. The summed E-state index contributed by atoms with van der Waals surface area (Å²) in [6.45, 7) is 8.43. The molecule has 178 valence electrons. The van der Waals surface area contributed by atoms with Crippen LogP contribution >= 0.6 is 0 Å². The fraction of sp³-hybridized carbons (Fsp3) is 0.458. The van der Waals surface area contributed by atoms with Crippen LogP contribution in [0.1, 0.15) is 25.8 Å². The van der Waals surface area contributed by atoms with Crippen molar-refractivity contribution in [3.8, 4) is 0 Å². The van der Waals surface area contributed by atoms with Crippen molar-refractivity contribution in [1.29, 1.82) is 0 Å². The van der Waals surface area contributed by atoms with Crippen LogP contribution in [0.25, 0.3) is 0 Å². The first-order valence-corrected chi connectivity index (χ1v) is 11.4. The molecule has 0 radical (unpaired) electrons. The number of hydrogen-bond donors (Lipinski definition) is 3. The number of aliphatic imine (C=N–C) groups is 1. The molecule has 9 nitrogen and oxygen atoms in total. The van der Waals surface area contributed by atoms with Gasteiger partial charge >= 0.3 is 6.03 Å². The lowest BCUT2D eigenvalue weighted by atomic mass is 10.1. The molecule has 0 saturated carbocycles. The number of carbonyl (C=O) groups is 1. The van der Waals surface area contributed by atoms with Crippen molar-refractivity contribution < 1.29 is 9.53 Å². The molecule has 0 unspecified atom stereocenters. The van der Waals surface area contributed by atoms with E-state index in [1.165, 1.54) is 5.57 Å². The zero-order valence-corrected chi connectivity index (χ0v) is 20.0. The first-order valence-electron chi connectivity index (χ1n) is 11.4. The van der Waals surface area contributed by atoms with Crippen molar-refractivity contribution in [2.75, 3.05) is 58.8 Å². The smallest absolute Gasteiger partial charge is 0.319 e. The molecule has 0 aromatic heterocycles. The molecule has 9 heteroatoms. The van der Waals surface area contributed by atoms with Gasteiger partial charge in [-0.15, -0.1) is 0 Å². The first-order chi connectivity index (χ1) is 16.0. The van der Waals surface area contributed by atoms with E-state index in [1.807, 2.05) is 38.1 Å². The third-order valence-corrected chi connectivity index (χ3v) is 5.18. The molecule has 2 aliphatic rings. The third-order valence-electron chi connectivity index (χ3n) is 5.18. The highest BCUT2D eigenvalue weighted by molar-refractivity contribution is 6.13. The Morgan fingerprint density at radius 3 is 2.61 bits per heavy atom. The van der Waals surface area contributed by atoms with E-state index in [-0.39, 0.29) is 6.03 Å². The Morgan fingerprint density at radius 2 is 1.97 bits per heavy atom. The van der Waals surface area contributed by atoms with E-state index in [0.717, 1.165) is 48.8 Å². The van der Waals surface area contributed by atoms with Crippen molar-refractivity contribution in [3.05, 3.63) is 53.3 Å². The van der Waals surface area contributed by atoms with Crippen LogP contribution in [-0.4, -0.2) is 81.0 Å². The molecule has 0 atom stereocenters. The minimum Gasteiger partial charge on any atom is -0.378 e. The number of rotatable bonds is 7. The molecule has 2 aliphatic heterocycles. The van der Waals surface area contributed by atoms with Crippen LogP contribution in [0.2, 0.25) is 0 Å². The van der Waals surface area contributed by atoms with Crippen LogP contribution in [0.3, 0.4) is 0 Å². The number of allylic oxidation sites excluding steroid dienone is 1. The quantitative estimate of drug-likeness (QED) is 0.590. The van der Waals surface area contributed by atoms with Gasteiger partial charge in [0.15, 0.2) is 11.7 Å². The molecule has 2 heterocycles. The van der Waals surface area contributed by atoms with Crippen LogP contribution in [0.4, 0.5) is 10.5 Å². The lowest BCUT2D eigenvalue weighted by Crippen LogP contribution is -2.45. The molecule has 2 amide bonds. The molecule has 0 aliphatic carbocycles. The second kappa shape index (κ2) is 12.2. The Labute approximate surface area is 196 Å². The normalized spacial score (nSPS) is 18.0. The summed E-state index contributed by atoms with van der Waals surface area (Å²) in [5.74, 6) is 1.47. The minimum atomic E-state index is -0.207. The fourth-order valence-corrected chi connectivity index (χ4v) is 3.48. The van der Waals surface area contributed by atoms with E-state index < -0.39 is 0 Å². The van der Waals surface area contributed by atoms with Crippen LogP contribution in [0.15, 0.2) is 57.8 Å². The topological polar surface area (TPSA) is 93.6 Å². The number of morpholine rings is 1. The molecule has 0 bridgehead atoms. The lowest BCUT2D eigenvalue weighted by molar-refractivity contribution is 0.0680. The third kappa shape index (κ3) is 7.16. The zero-order valence-electron chi connectivity index (χ0n) is 20.0. The van der Waals surface area contributed by atoms with Gasteiger partial charge in [-0.25, -0.2) is 9.79 Å². The molecule has 0 spiro atoms. The lowest BCUT2D eigenvalue weighted by Gasteiger charge is -2.32. The number of hydrogen-bond acceptors (Lipinski definition) is 7. The van der Waals surface area contributed by atoms with Gasteiger partial charge in [0.1, 0.15) is 0 Å². The minimum absolute atomic E-state index is 0.207. The second-order valence-corrected chi connectivity index (χ2v) is 8.20. The van der Waals surface area contributed by atoms with Crippen molar-refractivity contribution in [2.45, 2.75) is 20.3 Å². The highest BCUT2D eigenvalue weighted by Gasteiger charge is 2.23. The number of carbonyl (C=O) groups excluding carboxylic acids is 1. The highest BCUT2D eigenvalue weighted by Crippen LogP contribution is 2.17. The average molecular weight is 454 g/mol. The van der Waals surface area contributed by atoms with Gasteiger partial charge in [0, 0.05) is 37.4 Å². The van der Waals surface area contributed by atoms with Crippen LogP contribution in [-0.2, 0) is 4.74 Å². The van der Waals surface area contributed by atoms with E-state index >= 15 is 0 Å². The van der Waals surface area contributed by atoms with Gasteiger partial charge in [0.2, 0.25) is 0 Å². The molecule has 3 rings (SSSR count). The molecular weight excluding hydrogens is 418 g/mol. The van der Waals surface area contributed by atoms with Crippen molar-refractivity contribution >= 4 is 23.4 Å². The number of anilines is 1. The number of likely N-dealkylation sites (N-methyl/N-ethyl adjacent to an activating group) is 1.